The van der Waals surface area contributed by atoms with Crippen molar-refractivity contribution in [3.05, 3.63) is 29.0 Å². The molecule has 6 heteroatoms. The van der Waals surface area contributed by atoms with Gasteiger partial charge in [-0.3, -0.25) is 4.90 Å². The largest absolute Gasteiger partial charge is 0.424 e. The average Bonchev–Trinajstić information content (AvgIpc) is 3.01. The average molecular weight is 327 g/mol. The Morgan fingerprint density at radius 3 is 2.88 bits per heavy atom. The van der Waals surface area contributed by atoms with Gasteiger partial charge in [0, 0.05) is 30.7 Å². The molecule has 2 aliphatic carbocycles. The number of aryl methyl sites for hydroxylation is 2. The molecule has 24 heavy (non-hydrogen) atoms. The standard InChI is InChI=1S/C18H25N5O/c1-12-19-15-4-2-3-5-16(15)23(12)14-8-9-22(10-14)11-17-20-21-18(24-17)13-6-7-13/h13-14H,2-11H2,1H3/t14-/m1/s1. The summed E-state index contributed by atoms with van der Waals surface area (Å²) in [6.07, 6.45) is 8.55. The summed E-state index contributed by atoms with van der Waals surface area (Å²) in [6, 6.07) is 0.546. The molecule has 1 aliphatic heterocycles. The molecule has 1 atom stereocenters. The molecule has 0 unspecified atom stereocenters. The van der Waals surface area contributed by atoms with Crippen LogP contribution in [0.3, 0.4) is 0 Å². The fourth-order valence-corrected chi connectivity index (χ4v) is 4.37. The van der Waals surface area contributed by atoms with Crippen LogP contribution in [0, 0.1) is 6.92 Å². The molecule has 2 aromatic rings. The fourth-order valence-electron chi connectivity index (χ4n) is 4.37. The van der Waals surface area contributed by atoms with Gasteiger partial charge in [-0.25, -0.2) is 4.98 Å². The first-order valence-electron chi connectivity index (χ1n) is 9.39. The van der Waals surface area contributed by atoms with Crippen LogP contribution in [0.25, 0.3) is 0 Å². The fraction of sp³-hybridized carbons (Fsp3) is 0.722. The summed E-state index contributed by atoms with van der Waals surface area (Å²) in [4.78, 5) is 7.29. The number of imidazole rings is 1. The van der Waals surface area contributed by atoms with Gasteiger partial charge in [0.15, 0.2) is 0 Å². The minimum atomic E-state index is 0.540. The van der Waals surface area contributed by atoms with Crippen molar-refractivity contribution in [1.82, 2.24) is 24.6 Å². The Kier molecular flexibility index (Phi) is 3.47. The SMILES string of the molecule is Cc1nc2c(n1[C@@H]1CCN(Cc3nnc(C4CC4)o3)C1)CCCC2. The number of aromatic nitrogens is 4. The molecule has 1 saturated carbocycles. The first-order chi connectivity index (χ1) is 11.8. The molecule has 2 aromatic heterocycles. The summed E-state index contributed by atoms with van der Waals surface area (Å²) in [6.45, 7) is 5.11. The Morgan fingerprint density at radius 1 is 1.12 bits per heavy atom. The summed E-state index contributed by atoms with van der Waals surface area (Å²) in [5, 5.41) is 8.44. The van der Waals surface area contributed by atoms with E-state index in [2.05, 4.69) is 26.6 Å². The number of likely N-dealkylation sites (tertiary alicyclic amines) is 1. The van der Waals surface area contributed by atoms with Crippen LogP contribution in [-0.4, -0.2) is 37.7 Å². The Labute approximate surface area is 142 Å². The highest BCUT2D eigenvalue weighted by atomic mass is 16.4. The van der Waals surface area contributed by atoms with Crippen LogP contribution in [0.2, 0.25) is 0 Å². The molecule has 0 aromatic carbocycles. The van der Waals surface area contributed by atoms with Crippen LogP contribution in [0.4, 0.5) is 0 Å². The molecule has 0 N–H and O–H groups in total. The highest BCUT2D eigenvalue weighted by molar-refractivity contribution is 5.21. The summed E-state index contributed by atoms with van der Waals surface area (Å²) >= 11 is 0. The molecule has 0 radical (unpaired) electrons. The maximum absolute atomic E-state index is 5.83. The van der Waals surface area contributed by atoms with E-state index in [0.717, 1.165) is 37.8 Å². The van der Waals surface area contributed by atoms with E-state index in [9.17, 15) is 0 Å². The van der Waals surface area contributed by atoms with Crippen LogP contribution in [0.15, 0.2) is 4.42 Å². The molecule has 3 aliphatic rings. The van der Waals surface area contributed by atoms with E-state index < -0.39 is 0 Å². The lowest BCUT2D eigenvalue weighted by Crippen LogP contribution is -2.23. The predicted octanol–water partition coefficient (Wildman–Crippen LogP) is 2.78. The third-order valence-electron chi connectivity index (χ3n) is 5.73. The van der Waals surface area contributed by atoms with Crippen molar-refractivity contribution in [3.8, 4) is 0 Å². The Morgan fingerprint density at radius 2 is 2.00 bits per heavy atom. The second kappa shape index (κ2) is 5.69. The van der Waals surface area contributed by atoms with Gasteiger partial charge in [-0.2, -0.15) is 0 Å². The third-order valence-corrected chi connectivity index (χ3v) is 5.73. The lowest BCUT2D eigenvalue weighted by atomic mass is 10.0. The summed E-state index contributed by atoms with van der Waals surface area (Å²) in [5.41, 5.74) is 2.85. The van der Waals surface area contributed by atoms with E-state index in [1.165, 1.54) is 55.7 Å². The van der Waals surface area contributed by atoms with Crippen LogP contribution >= 0.6 is 0 Å². The van der Waals surface area contributed by atoms with E-state index >= 15 is 0 Å². The van der Waals surface area contributed by atoms with Crippen LogP contribution < -0.4 is 0 Å². The third kappa shape index (κ3) is 2.57. The molecular formula is C18H25N5O. The lowest BCUT2D eigenvalue weighted by molar-refractivity contribution is 0.275. The van der Waals surface area contributed by atoms with Gasteiger partial charge in [0.25, 0.3) is 0 Å². The van der Waals surface area contributed by atoms with Crippen molar-refractivity contribution in [2.24, 2.45) is 0 Å². The highest BCUT2D eigenvalue weighted by Gasteiger charge is 2.32. The lowest BCUT2D eigenvalue weighted by Gasteiger charge is -2.20. The molecule has 0 bridgehead atoms. The monoisotopic (exact) mass is 327 g/mol. The zero-order chi connectivity index (χ0) is 16.1. The molecule has 1 saturated heterocycles. The topological polar surface area (TPSA) is 60.0 Å². The van der Waals surface area contributed by atoms with Crippen molar-refractivity contribution in [3.63, 3.8) is 0 Å². The second-order valence-corrected chi connectivity index (χ2v) is 7.62. The smallest absolute Gasteiger partial charge is 0.230 e. The van der Waals surface area contributed by atoms with E-state index in [4.69, 9.17) is 9.40 Å². The predicted molar refractivity (Wildman–Crippen MR) is 88.8 cm³/mol. The van der Waals surface area contributed by atoms with Gasteiger partial charge < -0.3 is 8.98 Å². The molecular weight excluding hydrogens is 302 g/mol. The number of hydrogen-bond acceptors (Lipinski definition) is 5. The van der Waals surface area contributed by atoms with Gasteiger partial charge in [0.05, 0.1) is 12.2 Å². The normalized spacial score (nSPS) is 24.5. The van der Waals surface area contributed by atoms with E-state index in [0.29, 0.717) is 12.0 Å². The molecule has 6 nitrogen and oxygen atoms in total. The number of nitrogens with zero attached hydrogens (tertiary/aromatic N) is 5. The van der Waals surface area contributed by atoms with Crippen molar-refractivity contribution < 1.29 is 4.42 Å². The van der Waals surface area contributed by atoms with Gasteiger partial charge >= 0.3 is 0 Å². The van der Waals surface area contributed by atoms with Crippen molar-refractivity contribution in [2.75, 3.05) is 13.1 Å². The van der Waals surface area contributed by atoms with Crippen molar-refractivity contribution >= 4 is 0 Å². The van der Waals surface area contributed by atoms with Crippen molar-refractivity contribution in [1.29, 1.82) is 0 Å². The second-order valence-electron chi connectivity index (χ2n) is 7.62. The maximum Gasteiger partial charge on any atom is 0.230 e. The summed E-state index contributed by atoms with van der Waals surface area (Å²) in [7, 11) is 0. The Balaban J connectivity index is 1.29. The first kappa shape index (κ1) is 14.6. The first-order valence-corrected chi connectivity index (χ1v) is 9.39. The van der Waals surface area contributed by atoms with Crippen LogP contribution in [0.1, 0.15) is 73.1 Å². The van der Waals surface area contributed by atoms with E-state index in [1.54, 1.807) is 0 Å². The number of rotatable bonds is 4. The van der Waals surface area contributed by atoms with Gasteiger partial charge in [-0.1, -0.05) is 0 Å². The van der Waals surface area contributed by atoms with Crippen LogP contribution in [-0.2, 0) is 19.4 Å². The van der Waals surface area contributed by atoms with E-state index in [-0.39, 0.29) is 0 Å². The maximum atomic E-state index is 5.83. The minimum absolute atomic E-state index is 0.540. The minimum Gasteiger partial charge on any atom is -0.424 e. The van der Waals surface area contributed by atoms with Gasteiger partial charge in [-0.15, -0.1) is 10.2 Å². The number of fused-ring (bicyclic) bond motifs is 1. The molecule has 2 fully saturated rings. The number of hydrogen-bond donors (Lipinski definition) is 0. The van der Waals surface area contributed by atoms with Gasteiger partial charge in [0.1, 0.15) is 5.82 Å². The highest BCUT2D eigenvalue weighted by Crippen LogP contribution is 2.39. The summed E-state index contributed by atoms with van der Waals surface area (Å²) < 4.78 is 8.35. The van der Waals surface area contributed by atoms with Gasteiger partial charge in [0.2, 0.25) is 11.8 Å². The Hall–Kier alpha value is -1.69. The van der Waals surface area contributed by atoms with E-state index in [1.807, 2.05) is 0 Å². The molecule has 128 valence electrons. The quantitative estimate of drug-likeness (QED) is 0.864. The molecule has 5 rings (SSSR count). The molecule has 0 spiro atoms. The van der Waals surface area contributed by atoms with Gasteiger partial charge in [-0.05, 0) is 51.9 Å². The zero-order valence-corrected chi connectivity index (χ0v) is 14.4. The van der Waals surface area contributed by atoms with Crippen LogP contribution in [0.5, 0.6) is 0 Å². The van der Waals surface area contributed by atoms with Crippen molar-refractivity contribution in [2.45, 2.75) is 70.4 Å². The Bertz CT molecular complexity index is 745. The molecule has 3 heterocycles. The zero-order valence-electron chi connectivity index (χ0n) is 14.4. The molecule has 0 amide bonds. The summed E-state index contributed by atoms with van der Waals surface area (Å²) in [5.74, 6) is 3.36.